The number of amides is 2. The molecule has 0 unspecified atom stereocenters. The van der Waals surface area contributed by atoms with Crippen molar-refractivity contribution < 1.29 is 14.0 Å². The quantitative estimate of drug-likeness (QED) is 0.792. The van der Waals surface area contributed by atoms with Gasteiger partial charge in [0.15, 0.2) is 0 Å². The summed E-state index contributed by atoms with van der Waals surface area (Å²) in [6.45, 7) is 4.11. The zero-order chi connectivity index (χ0) is 16.1. The van der Waals surface area contributed by atoms with Gasteiger partial charge in [0.25, 0.3) is 0 Å². The van der Waals surface area contributed by atoms with Gasteiger partial charge in [-0.15, -0.1) is 0 Å². The molecule has 4 nitrogen and oxygen atoms in total. The first-order valence-corrected chi connectivity index (χ1v) is 7.91. The van der Waals surface area contributed by atoms with E-state index in [0.29, 0.717) is 11.3 Å². The molecular weight excluding hydrogens is 283 g/mol. The highest BCUT2D eigenvalue weighted by molar-refractivity contribution is 6.01. The van der Waals surface area contributed by atoms with Crippen molar-refractivity contribution in [2.75, 3.05) is 5.32 Å². The lowest BCUT2D eigenvalue weighted by molar-refractivity contribution is -0.126. The van der Waals surface area contributed by atoms with Crippen molar-refractivity contribution in [3.8, 4) is 0 Å². The Bertz CT molecular complexity index is 560. The molecule has 2 atom stereocenters. The van der Waals surface area contributed by atoms with E-state index in [2.05, 4.69) is 17.6 Å². The van der Waals surface area contributed by atoms with Gasteiger partial charge in [-0.2, -0.15) is 0 Å². The Morgan fingerprint density at radius 3 is 2.95 bits per heavy atom. The number of unbranched alkanes of at least 4 members (excludes halogenated alkanes) is 2. The van der Waals surface area contributed by atoms with Crippen LogP contribution in [0.1, 0.15) is 57.4 Å². The van der Waals surface area contributed by atoms with Gasteiger partial charge in [0.05, 0.1) is 5.92 Å². The number of carbonyl (C=O) groups excluding carboxylic acids is 2. The molecule has 0 aromatic heterocycles. The molecule has 1 heterocycles. The van der Waals surface area contributed by atoms with Crippen molar-refractivity contribution in [1.29, 1.82) is 0 Å². The molecule has 0 saturated carbocycles. The minimum absolute atomic E-state index is 0.0768. The first-order valence-electron chi connectivity index (χ1n) is 7.91. The van der Waals surface area contributed by atoms with E-state index >= 15 is 0 Å². The normalized spacial score (nSPS) is 18.3. The molecule has 1 aromatic rings. The minimum Gasteiger partial charge on any atom is -0.353 e. The average Bonchev–Trinajstić information content (AvgIpc) is 2.46. The Morgan fingerprint density at radius 2 is 2.23 bits per heavy atom. The van der Waals surface area contributed by atoms with Gasteiger partial charge in [0.2, 0.25) is 11.8 Å². The zero-order valence-electron chi connectivity index (χ0n) is 13.1. The number of benzene rings is 1. The predicted octanol–water partition coefficient (Wildman–Crippen LogP) is 3.34. The Morgan fingerprint density at radius 1 is 1.45 bits per heavy atom. The van der Waals surface area contributed by atoms with Gasteiger partial charge in [-0.05, 0) is 31.0 Å². The number of halogens is 1. The van der Waals surface area contributed by atoms with Gasteiger partial charge in [-0.1, -0.05) is 32.3 Å². The summed E-state index contributed by atoms with van der Waals surface area (Å²) in [5, 5.41) is 5.59. The van der Waals surface area contributed by atoms with Crippen LogP contribution in [-0.4, -0.2) is 17.9 Å². The van der Waals surface area contributed by atoms with Gasteiger partial charge in [0.1, 0.15) is 5.82 Å². The van der Waals surface area contributed by atoms with E-state index in [0.717, 1.165) is 25.7 Å². The maximum Gasteiger partial charge on any atom is 0.228 e. The topological polar surface area (TPSA) is 58.2 Å². The molecule has 1 aliphatic rings. The SMILES string of the molecule is CCCCC[C@H](C)NC(=O)[C@H]1CC(=O)Nc2cc(F)ccc21. The van der Waals surface area contributed by atoms with Crippen molar-refractivity contribution in [1.82, 2.24) is 5.32 Å². The second kappa shape index (κ2) is 7.38. The number of hydrogen-bond donors (Lipinski definition) is 2. The zero-order valence-corrected chi connectivity index (χ0v) is 13.1. The molecule has 120 valence electrons. The van der Waals surface area contributed by atoms with Gasteiger partial charge < -0.3 is 10.6 Å². The largest absolute Gasteiger partial charge is 0.353 e. The molecule has 1 aliphatic heterocycles. The van der Waals surface area contributed by atoms with Gasteiger partial charge >= 0.3 is 0 Å². The smallest absolute Gasteiger partial charge is 0.228 e. The molecule has 0 spiro atoms. The molecule has 0 fully saturated rings. The van der Waals surface area contributed by atoms with E-state index in [1.165, 1.54) is 12.1 Å². The molecule has 0 saturated heterocycles. The van der Waals surface area contributed by atoms with E-state index in [9.17, 15) is 14.0 Å². The standard InChI is InChI=1S/C17H23FN2O2/c1-3-4-5-6-11(2)19-17(22)14-10-16(21)20-15-9-12(18)7-8-13(14)15/h7-9,11,14H,3-6,10H2,1-2H3,(H,19,22)(H,20,21)/t11-,14-/m0/s1. The second-order valence-corrected chi connectivity index (χ2v) is 5.94. The number of hydrogen-bond acceptors (Lipinski definition) is 2. The molecule has 0 bridgehead atoms. The summed E-state index contributed by atoms with van der Waals surface area (Å²) in [4.78, 5) is 24.2. The van der Waals surface area contributed by atoms with Crippen LogP contribution in [0.25, 0.3) is 0 Å². The van der Waals surface area contributed by atoms with E-state index in [1.807, 2.05) is 6.92 Å². The fourth-order valence-electron chi connectivity index (χ4n) is 2.79. The number of fused-ring (bicyclic) bond motifs is 1. The molecule has 5 heteroatoms. The summed E-state index contributed by atoms with van der Waals surface area (Å²) < 4.78 is 13.3. The lowest BCUT2D eigenvalue weighted by Crippen LogP contribution is -2.39. The molecule has 2 amide bonds. The van der Waals surface area contributed by atoms with Crippen LogP contribution < -0.4 is 10.6 Å². The van der Waals surface area contributed by atoms with Crippen LogP contribution >= 0.6 is 0 Å². The van der Waals surface area contributed by atoms with Crippen molar-refractivity contribution in [3.63, 3.8) is 0 Å². The van der Waals surface area contributed by atoms with E-state index in [1.54, 1.807) is 6.07 Å². The first-order chi connectivity index (χ1) is 10.5. The van der Waals surface area contributed by atoms with Crippen LogP contribution in [0.4, 0.5) is 10.1 Å². The maximum absolute atomic E-state index is 13.3. The number of nitrogens with one attached hydrogen (secondary N) is 2. The monoisotopic (exact) mass is 306 g/mol. The summed E-state index contributed by atoms with van der Waals surface area (Å²) in [5.74, 6) is -1.38. The van der Waals surface area contributed by atoms with Gasteiger partial charge in [0, 0.05) is 18.2 Å². The van der Waals surface area contributed by atoms with Crippen molar-refractivity contribution >= 4 is 17.5 Å². The van der Waals surface area contributed by atoms with Crippen LogP contribution in [0.2, 0.25) is 0 Å². The summed E-state index contributed by atoms with van der Waals surface area (Å²) in [6.07, 6.45) is 4.39. The number of anilines is 1. The Labute approximate surface area is 130 Å². The summed E-state index contributed by atoms with van der Waals surface area (Å²) >= 11 is 0. The molecule has 0 radical (unpaired) electrons. The molecular formula is C17H23FN2O2. The lowest BCUT2D eigenvalue weighted by atomic mass is 9.89. The highest BCUT2D eigenvalue weighted by Gasteiger charge is 2.31. The fourth-order valence-corrected chi connectivity index (χ4v) is 2.79. The third-order valence-corrected chi connectivity index (χ3v) is 4.00. The first kappa shape index (κ1) is 16.5. The van der Waals surface area contributed by atoms with Crippen molar-refractivity contribution in [3.05, 3.63) is 29.6 Å². The Balaban J connectivity index is 2.05. The second-order valence-electron chi connectivity index (χ2n) is 5.94. The molecule has 2 rings (SSSR count). The van der Waals surface area contributed by atoms with E-state index < -0.39 is 11.7 Å². The van der Waals surface area contributed by atoms with E-state index in [4.69, 9.17) is 0 Å². The summed E-state index contributed by atoms with van der Waals surface area (Å²) in [5.41, 5.74) is 1.08. The third kappa shape index (κ3) is 4.06. The molecule has 0 aliphatic carbocycles. The number of rotatable bonds is 6. The summed E-state index contributed by atoms with van der Waals surface area (Å²) in [7, 11) is 0. The Kier molecular flexibility index (Phi) is 5.52. The predicted molar refractivity (Wildman–Crippen MR) is 84.1 cm³/mol. The van der Waals surface area contributed by atoms with Crippen LogP contribution in [0, 0.1) is 5.82 Å². The summed E-state index contributed by atoms with van der Waals surface area (Å²) in [6, 6.07) is 4.24. The van der Waals surface area contributed by atoms with Gasteiger partial charge in [-0.3, -0.25) is 9.59 Å². The van der Waals surface area contributed by atoms with Gasteiger partial charge in [-0.25, -0.2) is 4.39 Å². The number of carbonyl (C=O) groups is 2. The van der Waals surface area contributed by atoms with Crippen molar-refractivity contribution in [2.24, 2.45) is 0 Å². The van der Waals surface area contributed by atoms with Crippen LogP contribution in [0.15, 0.2) is 18.2 Å². The highest BCUT2D eigenvalue weighted by atomic mass is 19.1. The average molecular weight is 306 g/mol. The minimum atomic E-state index is -0.544. The fraction of sp³-hybridized carbons (Fsp3) is 0.529. The molecule has 1 aromatic carbocycles. The highest BCUT2D eigenvalue weighted by Crippen LogP contribution is 2.32. The van der Waals surface area contributed by atoms with Crippen LogP contribution in [-0.2, 0) is 9.59 Å². The lowest BCUT2D eigenvalue weighted by Gasteiger charge is -2.26. The van der Waals surface area contributed by atoms with E-state index in [-0.39, 0.29) is 24.3 Å². The molecule has 22 heavy (non-hydrogen) atoms. The third-order valence-electron chi connectivity index (χ3n) is 4.00. The van der Waals surface area contributed by atoms with Crippen LogP contribution in [0.3, 0.4) is 0 Å². The maximum atomic E-state index is 13.3. The Hall–Kier alpha value is -1.91. The molecule has 2 N–H and O–H groups in total. The van der Waals surface area contributed by atoms with Crippen LogP contribution in [0.5, 0.6) is 0 Å². The van der Waals surface area contributed by atoms with Crippen molar-refractivity contribution in [2.45, 2.75) is 57.9 Å².